The van der Waals surface area contributed by atoms with Gasteiger partial charge in [-0.15, -0.1) is 28.1 Å². The van der Waals surface area contributed by atoms with Gasteiger partial charge in [0.1, 0.15) is 17.4 Å². The van der Waals surface area contributed by atoms with Crippen LogP contribution in [0.15, 0.2) is 36.0 Å². The molecule has 2 aromatic heterocycles. The molecule has 0 radical (unpaired) electrons. The molecule has 0 unspecified atom stereocenters. The molecule has 1 aliphatic rings. The highest BCUT2D eigenvalue weighted by Gasteiger charge is 2.27. The first-order chi connectivity index (χ1) is 17.9. The van der Waals surface area contributed by atoms with E-state index in [1.165, 1.54) is 28.7 Å². The van der Waals surface area contributed by atoms with Gasteiger partial charge in [-0.3, -0.25) is 9.36 Å². The van der Waals surface area contributed by atoms with Crippen LogP contribution in [0.25, 0.3) is 0 Å². The van der Waals surface area contributed by atoms with E-state index in [1.54, 1.807) is 13.0 Å². The largest absolute Gasteiger partial charge is 0.485 e. The Balaban J connectivity index is 1.43. The molecule has 3 aromatic rings. The van der Waals surface area contributed by atoms with Crippen LogP contribution >= 0.6 is 23.1 Å². The molecule has 0 saturated heterocycles. The number of esters is 1. The van der Waals surface area contributed by atoms with Crippen molar-refractivity contribution in [3.05, 3.63) is 63.8 Å². The summed E-state index contributed by atoms with van der Waals surface area (Å²) in [6.45, 7) is 10.7. The zero-order chi connectivity index (χ0) is 26.4. The standard InChI is InChI=1S/C27H32N4O4S2/c1-5-13-31-22(15-35-20-12-11-17(3)14-18(20)4)29-30-27(31)36-16-23(32)28-25-24(26(33)34-6-2)19-9-7-8-10-21(19)37-25/h5,11-12,14H,1,6-10,13,15-16H2,2-4H3,(H,28,32). The van der Waals surface area contributed by atoms with Crippen LogP contribution in [-0.4, -0.2) is 39.0 Å². The summed E-state index contributed by atoms with van der Waals surface area (Å²) in [6, 6.07) is 6.03. The van der Waals surface area contributed by atoms with E-state index < -0.39 is 0 Å². The number of thiophene rings is 1. The monoisotopic (exact) mass is 540 g/mol. The lowest BCUT2D eigenvalue weighted by molar-refractivity contribution is -0.113. The third kappa shape index (κ3) is 6.42. The fourth-order valence-corrected chi connectivity index (χ4v) is 6.37. The lowest BCUT2D eigenvalue weighted by Crippen LogP contribution is -2.17. The van der Waals surface area contributed by atoms with Crippen LogP contribution in [0.4, 0.5) is 5.00 Å². The Kier molecular flexibility index (Phi) is 9.04. The quantitative estimate of drug-likeness (QED) is 0.195. The summed E-state index contributed by atoms with van der Waals surface area (Å²) >= 11 is 2.77. The van der Waals surface area contributed by atoms with Gasteiger partial charge >= 0.3 is 5.97 Å². The van der Waals surface area contributed by atoms with Gasteiger partial charge in [-0.1, -0.05) is 35.5 Å². The summed E-state index contributed by atoms with van der Waals surface area (Å²) in [7, 11) is 0. The van der Waals surface area contributed by atoms with Gasteiger partial charge in [-0.2, -0.15) is 0 Å². The zero-order valence-corrected chi connectivity index (χ0v) is 23.1. The van der Waals surface area contributed by atoms with E-state index in [2.05, 4.69) is 28.2 Å². The Bertz CT molecular complexity index is 1300. The number of nitrogens with one attached hydrogen (secondary N) is 1. The minimum atomic E-state index is -0.371. The summed E-state index contributed by atoms with van der Waals surface area (Å²) in [6.07, 6.45) is 5.65. The molecule has 0 atom stereocenters. The molecule has 8 nitrogen and oxygen atoms in total. The Morgan fingerprint density at radius 2 is 2.05 bits per heavy atom. The van der Waals surface area contributed by atoms with Crippen molar-refractivity contribution in [1.82, 2.24) is 14.8 Å². The van der Waals surface area contributed by atoms with Crippen LogP contribution in [-0.2, 0) is 35.5 Å². The Hall–Kier alpha value is -3.11. The third-order valence-electron chi connectivity index (χ3n) is 6.03. The number of aromatic nitrogens is 3. The van der Waals surface area contributed by atoms with Gasteiger partial charge in [-0.05, 0) is 63.6 Å². The van der Waals surface area contributed by atoms with E-state index in [9.17, 15) is 9.59 Å². The zero-order valence-electron chi connectivity index (χ0n) is 21.5. The van der Waals surface area contributed by atoms with Crippen molar-refractivity contribution in [3.63, 3.8) is 0 Å². The van der Waals surface area contributed by atoms with Crippen LogP contribution in [0.1, 0.15) is 57.5 Å². The second-order valence-electron chi connectivity index (χ2n) is 8.83. The molecule has 0 spiro atoms. The molecular weight excluding hydrogens is 508 g/mol. The molecule has 1 aliphatic carbocycles. The second kappa shape index (κ2) is 12.4. The molecule has 0 fully saturated rings. The van der Waals surface area contributed by atoms with Crippen molar-refractivity contribution in [1.29, 1.82) is 0 Å². The number of thioether (sulfide) groups is 1. The summed E-state index contributed by atoms with van der Waals surface area (Å²) in [4.78, 5) is 26.7. The van der Waals surface area contributed by atoms with Gasteiger partial charge in [0.05, 0.1) is 17.9 Å². The van der Waals surface area contributed by atoms with Crippen LogP contribution < -0.4 is 10.1 Å². The van der Waals surface area contributed by atoms with Crippen molar-refractivity contribution in [2.45, 2.75) is 64.8 Å². The average molecular weight is 541 g/mol. The molecule has 196 valence electrons. The van der Waals surface area contributed by atoms with Crippen LogP contribution in [0, 0.1) is 13.8 Å². The van der Waals surface area contributed by atoms with Gasteiger partial charge < -0.3 is 14.8 Å². The summed E-state index contributed by atoms with van der Waals surface area (Å²) in [5, 5.41) is 12.7. The maximum absolute atomic E-state index is 12.9. The van der Waals surface area contributed by atoms with Gasteiger partial charge in [0.2, 0.25) is 5.91 Å². The molecule has 0 saturated carbocycles. The molecule has 10 heteroatoms. The highest BCUT2D eigenvalue weighted by Crippen LogP contribution is 2.38. The number of rotatable bonds is 11. The van der Waals surface area contributed by atoms with Crippen LogP contribution in [0.2, 0.25) is 0 Å². The fraction of sp³-hybridized carbons (Fsp3) is 0.407. The van der Waals surface area contributed by atoms with E-state index in [0.717, 1.165) is 47.4 Å². The Morgan fingerprint density at radius 1 is 1.24 bits per heavy atom. The SMILES string of the molecule is C=CCn1c(COc2ccc(C)cc2C)nnc1SCC(=O)Nc1sc2c(c1C(=O)OCC)CCCC2. The number of ether oxygens (including phenoxy) is 2. The molecule has 37 heavy (non-hydrogen) atoms. The average Bonchev–Trinajstić information content (AvgIpc) is 3.43. The first-order valence-corrected chi connectivity index (χ1v) is 14.2. The van der Waals surface area contributed by atoms with E-state index in [1.807, 2.05) is 30.5 Å². The maximum Gasteiger partial charge on any atom is 0.341 e. The first-order valence-electron chi connectivity index (χ1n) is 12.4. The van der Waals surface area contributed by atoms with Crippen LogP contribution in [0.5, 0.6) is 5.75 Å². The number of anilines is 1. The number of carbonyl (C=O) groups excluding carboxylic acids is 2. The predicted octanol–water partition coefficient (Wildman–Crippen LogP) is 5.51. The van der Waals surface area contributed by atoms with Crippen LogP contribution in [0.3, 0.4) is 0 Å². The molecule has 2 heterocycles. The molecule has 1 N–H and O–H groups in total. The Labute approximate surface area is 225 Å². The summed E-state index contributed by atoms with van der Waals surface area (Å²) < 4.78 is 13.2. The molecule has 1 amide bonds. The molecule has 0 aliphatic heterocycles. The summed E-state index contributed by atoms with van der Waals surface area (Å²) in [5.74, 6) is 0.985. The normalized spacial score (nSPS) is 12.6. The molecule has 4 rings (SSSR count). The first kappa shape index (κ1) is 26.9. The number of aryl methyl sites for hydroxylation is 3. The minimum absolute atomic E-state index is 0.123. The number of hydrogen-bond acceptors (Lipinski definition) is 8. The highest BCUT2D eigenvalue weighted by atomic mass is 32.2. The topological polar surface area (TPSA) is 95.3 Å². The molecule has 0 bridgehead atoms. The number of amides is 1. The minimum Gasteiger partial charge on any atom is -0.485 e. The van der Waals surface area contributed by atoms with E-state index in [0.29, 0.717) is 34.7 Å². The number of allylic oxidation sites excluding steroid dienone is 1. The highest BCUT2D eigenvalue weighted by molar-refractivity contribution is 7.99. The van der Waals surface area contributed by atoms with Crippen molar-refractivity contribution in [2.24, 2.45) is 0 Å². The number of benzene rings is 1. The Morgan fingerprint density at radius 3 is 2.81 bits per heavy atom. The van der Waals surface area contributed by atoms with E-state index in [4.69, 9.17) is 9.47 Å². The molecular formula is C27H32N4O4S2. The predicted molar refractivity (Wildman–Crippen MR) is 147 cm³/mol. The lowest BCUT2D eigenvalue weighted by Gasteiger charge is -2.12. The van der Waals surface area contributed by atoms with Crippen molar-refractivity contribution >= 4 is 40.0 Å². The van der Waals surface area contributed by atoms with Gasteiger partial charge in [0, 0.05) is 11.4 Å². The summed E-state index contributed by atoms with van der Waals surface area (Å²) in [5.41, 5.74) is 3.77. The smallest absolute Gasteiger partial charge is 0.341 e. The van der Waals surface area contributed by atoms with Gasteiger partial charge in [-0.25, -0.2) is 4.79 Å². The van der Waals surface area contributed by atoms with E-state index >= 15 is 0 Å². The van der Waals surface area contributed by atoms with Gasteiger partial charge in [0.15, 0.2) is 11.0 Å². The van der Waals surface area contributed by atoms with Crippen molar-refractivity contribution in [3.8, 4) is 5.75 Å². The fourth-order valence-electron chi connectivity index (χ4n) is 4.31. The maximum atomic E-state index is 12.9. The number of hydrogen-bond donors (Lipinski definition) is 1. The number of fused-ring (bicyclic) bond motifs is 1. The van der Waals surface area contributed by atoms with E-state index in [-0.39, 0.29) is 24.2 Å². The number of carbonyl (C=O) groups is 2. The third-order valence-corrected chi connectivity index (χ3v) is 8.20. The van der Waals surface area contributed by atoms with Gasteiger partial charge in [0.25, 0.3) is 0 Å². The second-order valence-corrected chi connectivity index (χ2v) is 10.9. The molecule has 1 aromatic carbocycles. The lowest BCUT2D eigenvalue weighted by atomic mass is 9.95. The van der Waals surface area contributed by atoms with Crippen molar-refractivity contribution in [2.75, 3.05) is 17.7 Å². The van der Waals surface area contributed by atoms with Crippen molar-refractivity contribution < 1.29 is 19.1 Å². The number of nitrogens with zero attached hydrogens (tertiary/aromatic N) is 3.